The summed E-state index contributed by atoms with van der Waals surface area (Å²) in [5, 5.41) is 2.84. The van der Waals surface area contributed by atoms with Crippen LogP contribution < -0.4 is 14.8 Å². The fourth-order valence-electron chi connectivity index (χ4n) is 2.03. The fraction of sp³-hybridized carbons (Fsp3) is 0.278. The number of anilines is 1. The van der Waals surface area contributed by atoms with Gasteiger partial charge in [0.2, 0.25) is 0 Å². The number of carbonyl (C=O) groups excluding carboxylic acids is 1. The molecule has 0 unspecified atom stereocenters. The van der Waals surface area contributed by atoms with E-state index in [0.29, 0.717) is 17.2 Å². The van der Waals surface area contributed by atoms with Crippen molar-refractivity contribution in [2.45, 2.75) is 26.9 Å². The van der Waals surface area contributed by atoms with Crippen molar-refractivity contribution in [2.24, 2.45) is 0 Å². The van der Waals surface area contributed by atoms with Crippen LogP contribution in [-0.2, 0) is 4.79 Å². The summed E-state index contributed by atoms with van der Waals surface area (Å²) >= 11 is 0. The van der Waals surface area contributed by atoms with E-state index in [1.54, 1.807) is 14.0 Å². The molecule has 0 fully saturated rings. The largest absolute Gasteiger partial charge is 0.495 e. The predicted molar refractivity (Wildman–Crippen MR) is 87.6 cm³/mol. The summed E-state index contributed by atoms with van der Waals surface area (Å²) in [5.41, 5.74) is 2.84. The molecule has 4 heteroatoms. The zero-order valence-electron chi connectivity index (χ0n) is 13.3. The van der Waals surface area contributed by atoms with Crippen LogP contribution >= 0.6 is 0 Å². The van der Waals surface area contributed by atoms with E-state index in [2.05, 4.69) is 5.32 Å². The number of benzene rings is 2. The molecule has 0 aliphatic carbocycles. The molecule has 0 saturated heterocycles. The van der Waals surface area contributed by atoms with E-state index in [9.17, 15) is 4.79 Å². The highest BCUT2D eigenvalue weighted by Crippen LogP contribution is 2.25. The van der Waals surface area contributed by atoms with E-state index >= 15 is 0 Å². The van der Waals surface area contributed by atoms with Crippen LogP contribution in [0.3, 0.4) is 0 Å². The number of amides is 1. The summed E-state index contributed by atoms with van der Waals surface area (Å²) < 4.78 is 10.9. The minimum absolute atomic E-state index is 0.218. The third-order valence-corrected chi connectivity index (χ3v) is 3.32. The lowest BCUT2D eigenvalue weighted by Crippen LogP contribution is -2.30. The van der Waals surface area contributed by atoms with Gasteiger partial charge in [-0.25, -0.2) is 0 Å². The van der Waals surface area contributed by atoms with Gasteiger partial charge in [0.05, 0.1) is 12.8 Å². The van der Waals surface area contributed by atoms with Crippen molar-refractivity contribution in [1.29, 1.82) is 0 Å². The molecule has 0 bridgehead atoms. The molecule has 0 spiro atoms. The van der Waals surface area contributed by atoms with E-state index < -0.39 is 6.10 Å². The minimum atomic E-state index is -0.604. The van der Waals surface area contributed by atoms with Gasteiger partial charge in [-0.1, -0.05) is 23.8 Å². The summed E-state index contributed by atoms with van der Waals surface area (Å²) in [6.07, 6.45) is -0.604. The maximum Gasteiger partial charge on any atom is 0.265 e. The predicted octanol–water partition coefficient (Wildman–Crippen LogP) is 3.72. The van der Waals surface area contributed by atoms with Crippen LogP contribution in [0.2, 0.25) is 0 Å². The van der Waals surface area contributed by atoms with E-state index in [0.717, 1.165) is 11.1 Å². The first-order chi connectivity index (χ1) is 10.5. The Kier molecular flexibility index (Phi) is 5.04. The zero-order valence-corrected chi connectivity index (χ0v) is 13.3. The first-order valence-corrected chi connectivity index (χ1v) is 7.18. The molecule has 1 atom stereocenters. The van der Waals surface area contributed by atoms with Gasteiger partial charge in [-0.05, 0) is 50.6 Å². The maximum absolute atomic E-state index is 12.3. The monoisotopic (exact) mass is 299 g/mol. The Morgan fingerprint density at radius 3 is 2.32 bits per heavy atom. The Labute approximate surface area is 131 Å². The third-order valence-electron chi connectivity index (χ3n) is 3.32. The second-order valence-electron chi connectivity index (χ2n) is 5.27. The molecule has 2 aromatic carbocycles. The van der Waals surface area contributed by atoms with Crippen LogP contribution in [0, 0.1) is 13.8 Å². The summed E-state index contributed by atoms with van der Waals surface area (Å²) in [4.78, 5) is 12.3. The second-order valence-corrected chi connectivity index (χ2v) is 5.27. The van der Waals surface area contributed by atoms with Gasteiger partial charge in [0.15, 0.2) is 6.10 Å². The van der Waals surface area contributed by atoms with Gasteiger partial charge < -0.3 is 14.8 Å². The SMILES string of the molecule is COc1ccc(C)cc1NC(=O)[C@H](C)Oc1ccc(C)cc1. The van der Waals surface area contributed by atoms with Crippen molar-refractivity contribution in [3.8, 4) is 11.5 Å². The number of rotatable bonds is 5. The quantitative estimate of drug-likeness (QED) is 0.915. The molecule has 1 N–H and O–H groups in total. The maximum atomic E-state index is 12.3. The first-order valence-electron chi connectivity index (χ1n) is 7.18. The molecular weight excluding hydrogens is 278 g/mol. The van der Waals surface area contributed by atoms with Crippen molar-refractivity contribution in [3.63, 3.8) is 0 Å². The number of carbonyl (C=O) groups is 1. The number of hydrogen-bond acceptors (Lipinski definition) is 3. The summed E-state index contributed by atoms with van der Waals surface area (Å²) in [6, 6.07) is 13.2. The van der Waals surface area contributed by atoms with Gasteiger partial charge in [0, 0.05) is 0 Å². The Morgan fingerprint density at radius 1 is 1.05 bits per heavy atom. The molecule has 4 nitrogen and oxygen atoms in total. The van der Waals surface area contributed by atoms with Crippen LogP contribution in [-0.4, -0.2) is 19.1 Å². The molecule has 0 aliphatic rings. The van der Waals surface area contributed by atoms with E-state index in [1.807, 2.05) is 56.3 Å². The van der Waals surface area contributed by atoms with E-state index in [4.69, 9.17) is 9.47 Å². The fourth-order valence-corrected chi connectivity index (χ4v) is 2.03. The average molecular weight is 299 g/mol. The molecule has 0 heterocycles. The summed E-state index contributed by atoms with van der Waals surface area (Å²) in [5.74, 6) is 1.08. The topological polar surface area (TPSA) is 47.6 Å². The molecule has 0 aliphatic heterocycles. The van der Waals surface area contributed by atoms with Crippen LogP contribution in [0.1, 0.15) is 18.1 Å². The Bertz CT molecular complexity index is 650. The third kappa shape index (κ3) is 4.01. The number of methoxy groups -OCH3 is 1. The highest BCUT2D eigenvalue weighted by atomic mass is 16.5. The molecule has 1 amide bonds. The molecule has 2 rings (SSSR count). The molecule has 0 aromatic heterocycles. The highest BCUT2D eigenvalue weighted by molar-refractivity contribution is 5.95. The van der Waals surface area contributed by atoms with Crippen molar-refractivity contribution in [2.75, 3.05) is 12.4 Å². The van der Waals surface area contributed by atoms with Gasteiger partial charge in [0.25, 0.3) is 5.91 Å². The zero-order chi connectivity index (χ0) is 16.1. The van der Waals surface area contributed by atoms with Crippen LogP contribution in [0.4, 0.5) is 5.69 Å². The van der Waals surface area contributed by atoms with Gasteiger partial charge in [0.1, 0.15) is 11.5 Å². The van der Waals surface area contributed by atoms with Crippen molar-refractivity contribution in [1.82, 2.24) is 0 Å². The lowest BCUT2D eigenvalue weighted by molar-refractivity contribution is -0.122. The van der Waals surface area contributed by atoms with Gasteiger partial charge in [-0.3, -0.25) is 4.79 Å². The van der Waals surface area contributed by atoms with Crippen molar-refractivity contribution < 1.29 is 14.3 Å². The van der Waals surface area contributed by atoms with Crippen LogP contribution in [0.5, 0.6) is 11.5 Å². The summed E-state index contributed by atoms with van der Waals surface area (Å²) in [6.45, 7) is 5.68. The molecule has 2 aromatic rings. The number of aryl methyl sites for hydroxylation is 2. The summed E-state index contributed by atoms with van der Waals surface area (Å²) in [7, 11) is 1.58. The Hall–Kier alpha value is -2.49. The molecule has 116 valence electrons. The normalized spacial score (nSPS) is 11.6. The Balaban J connectivity index is 2.05. The average Bonchev–Trinajstić information content (AvgIpc) is 2.49. The first kappa shape index (κ1) is 15.9. The molecule has 0 radical (unpaired) electrons. The number of hydrogen-bond donors (Lipinski definition) is 1. The van der Waals surface area contributed by atoms with Gasteiger partial charge in [-0.15, -0.1) is 0 Å². The Morgan fingerprint density at radius 2 is 1.68 bits per heavy atom. The van der Waals surface area contributed by atoms with E-state index in [1.165, 1.54) is 0 Å². The van der Waals surface area contributed by atoms with Gasteiger partial charge >= 0.3 is 0 Å². The number of ether oxygens (including phenoxy) is 2. The lowest BCUT2D eigenvalue weighted by atomic mass is 10.2. The van der Waals surface area contributed by atoms with Crippen molar-refractivity contribution >= 4 is 11.6 Å². The second kappa shape index (κ2) is 6.98. The molecule has 0 saturated carbocycles. The minimum Gasteiger partial charge on any atom is -0.495 e. The smallest absolute Gasteiger partial charge is 0.265 e. The molecular formula is C18H21NO3. The standard InChI is InChI=1S/C18H21NO3/c1-12-5-8-15(9-6-12)22-14(3)18(20)19-16-11-13(2)7-10-17(16)21-4/h5-11,14H,1-4H3,(H,19,20)/t14-/m0/s1. The highest BCUT2D eigenvalue weighted by Gasteiger charge is 2.16. The molecule has 22 heavy (non-hydrogen) atoms. The lowest BCUT2D eigenvalue weighted by Gasteiger charge is -2.16. The number of nitrogens with one attached hydrogen (secondary N) is 1. The van der Waals surface area contributed by atoms with Crippen LogP contribution in [0.15, 0.2) is 42.5 Å². The van der Waals surface area contributed by atoms with Crippen molar-refractivity contribution in [3.05, 3.63) is 53.6 Å². The van der Waals surface area contributed by atoms with Gasteiger partial charge in [-0.2, -0.15) is 0 Å². The van der Waals surface area contributed by atoms with E-state index in [-0.39, 0.29) is 5.91 Å². The van der Waals surface area contributed by atoms with Crippen LogP contribution in [0.25, 0.3) is 0 Å².